The first kappa shape index (κ1) is 13.8. The molecule has 1 heterocycles. The molecule has 1 aromatic heterocycles. The first-order valence-electron chi connectivity index (χ1n) is 5.11. The summed E-state index contributed by atoms with van der Waals surface area (Å²) in [5.74, 6) is 0. The number of hydrogen-bond donors (Lipinski definition) is 2. The predicted molar refractivity (Wildman–Crippen MR) is 77.8 cm³/mol. The minimum absolute atomic E-state index is 0.137. The van der Waals surface area contributed by atoms with Crippen LogP contribution in [0.25, 0.3) is 0 Å². The average Bonchev–Trinajstić information content (AvgIpc) is 2.80. The SMILES string of the molecule is Cc1cc(S(=O)(=O)Nc2cnns2)ccc1C(N)=S. The molecule has 2 rings (SSSR count). The molecule has 1 aromatic carbocycles. The van der Waals surface area contributed by atoms with Crippen LogP contribution in [-0.4, -0.2) is 23.0 Å². The molecule has 9 heteroatoms. The third-order valence-corrected chi connectivity index (χ3v) is 4.66. The van der Waals surface area contributed by atoms with Crippen molar-refractivity contribution in [3.8, 4) is 0 Å². The number of nitrogens with zero attached hydrogens (tertiary/aromatic N) is 2. The van der Waals surface area contributed by atoms with Crippen LogP contribution in [0.5, 0.6) is 0 Å². The van der Waals surface area contributed by atoms with Gasteiger partial charge in [0.15, 0.2) is 0 Å². The minimum atomic E-state index is -3.65. The summed E-state index contributed by atoms with van der Waals surface area (Å²) in [6, 6.07) is 4.57. The van der Waals surface area contributed by atoms with E-state index in [-0.39, 0.29) is 9.88 Å². The van der Waals surface area contributed by atoms with Gasteiger partial charge in [-0.1, -0.05) is 22.8 Å². The van der Waals surface area contributed by atoms with Gasteiger partial charge >= 0.3 is 0 Å². The van der Waals surface area contributed by atoms with Crippen LogP contribution >= 0.6 is 23.8 Å². The zero-order chi connectivity index (χ0) is 14.0. The standard InChI is InChI=1S/C10H10N4O2S3/c1-6-4-7(2-3-8(6)10(11)17)19(15,16)13-9-5-12-14-18-9/h2-5,13H,1H3,(H2,11,17). The third kappa shape index (κ3) is 3.06. The summed E-state index contributed by atoms with van der Waals surface area (Å²) in [7, 11) is -3.65. The second kappa shape index (κ2) is 5.19. The minimum Gasteiger partial charge on any atom is -0.389 e. The lowest BCUT2D eigenvalue weighted by Gasteiger charge is -2.08. The van der Waals surface area contributed by atoms with E-state index in [9.17, 15) is 8.42 Å². The molecule has 0 saturated carbocycles. The number of anilines is 1. The van der Waals surface area contributed by atoms with Crippen LogP contribution < -0.4 is 10.5 Å². The molecule has 100 valence electrons. The molecule has 0 spiro atoms. The van der Waals surface area contributed by atoms with Crippen LogP contribution in [-0.2, 0) is 10.0 Å². The molecular weight excluding hydrogens is 304 g/mol. The Labute approximate surface area is 119 Å². The monoisotopic (exact) mass is 314 g/mol. The van der Waals surface area contributed by atoms with Gasteiger partial charge in [0.1, 0.15) is 9.99 Å². The Kier molecular flexibility index (Phi) is 3.78. The number of rotatable bonds is 4. The summed E-state index contributed by atoms with van der Waals surface area (Å²) in [6.07, 6.45) is 1.35. The van der Waals surface area contributed by atoms with Crippen molar-refractivity contribution >= 4 is 43.8 Å². The molecule has 19 heavy (non-hydrogen) atoms. The van der Waals surface area contributed by atoms with Crippen LogP contribution in [0.2, 0.25) is 0 Å². The van der Waals surface area contributed by atoms with Crippen LogP contribution in [0.1, 0.15) is 11.1 Å². The number of nitrogens with one attached hydrogen (secondary N) is 1. The van der Waals surface area contributed by atoms with Crippen LogP contribution in [0.15, 0.2) is 29.3 Å². The van der Waals surface area contributed by atoms with Crippen molar-refractivity contribution in [1.82, 2.24) is 9.59 Å². The van der Waals surface area contributed by atoms with Crippen molar-refractivity contribution in [3.63, 3.8) is 0 Å². The molecule has 3 N–H and O–H groups in total. The lowest BCUT2D eigenvalue weighted by molar-refractivity contribution is 0.601. The largest absolute Gasteiger partial charge is 0.389 e. The van der Waals surface area contributed by atoms with E-state index in [1.165, 1.54) is 18.3 Å². The van der Waals surface area contributed by atoms with Gasteiger partial charge in [0.2, 0.25) is 0 Å². The van der Waals surface area contributed by atoms with Gasteiger partial charge in [0.05, 0.1) is 11.1 Å². The molecule has 0 aliphatic rings. The highest BCUT2D eigenvalue weighted by Gasteiger charge is 2.16. The van der Waals surface area contributed by atoms with Crippen molar-refractivity contribution in [2.45, 2.75) is 11.8 Å². The Morgan fingerprint density at radius 1 is 1.47 bits per heavy atom. The van der Waals surface area contributed by atoms with E-state index in [4.69, 9.17) is 18.0 Å². The average molecular weight is 314 g/mol. The van der Waals surface area contributed by atoms with E-state index < -0.39 is 10.0 Å². The molecule has 6 nitrogen and oxygen atoms in total. The predicted octanol–water partition coefficient (Wildman–Crippen LogP) is 1.28. The van der Waals surface area contributed by atoms with Gasteiger partial charge in [0, 0.05) is 17.1 Å². The second-order valence-electron chi connectivity index (χ2n) is 3.73. The summed E-state index contributed by atoms with van der Waals surface area (Å²) in [5.41, 5.74) is 6.90. The summed E-state index contributed by atoms with van der Waals surface area (Å²) in [4.78, 5) is 0.375. The quantitative estimate of drug-likeness (QED) is 0.825. The Hall–Kier alpha value is -1.58. The van der Waals surface area contributed by atoms with Gasteiger partial charge in [-0.2, -0.15) is 0 Å². The molecule has 0 atom stereocenters. The lowest BCUT2D eigenvalue weighted by atomic mass is 10.1. The first-order chi connectivity index (χ1) is 8.90. The molecule has 0 radical (unpaired) electrons. The lowest BCUT2D eigenvalue weighted by Crippen LogP contribution is -2.15. The smallest absolute Gasteiger partial charge is 0.262 e. The Morgan fingerprint density at radius 2 is 2.21 bits per heavy atom. The fourth-order valence-corrected chi connectivity index (χ4v) is 3.48. The number of benzene rings is 1. The maximum absolute atomic E-state index is 12.1. The fourth-order valence-electron chi connectivity index (χ4n) is 1.48. The number of nitrogens with two attached hydrogens (primary N) is 1. The fraction of sp³-hybridized carbons (Fsp3) is 0.100. The summed E-state index contributed by atoms with van der Waals surface area (Å²) >= 11 is 5.84. The first-order valence-corrected chi connectivity index (χ1v) is 7.77. The highest BCUT2D eigenvalue weighted by atomic mass is 32.2. The molecule has 0 amide bonds. The topological polar surface area (TPSA) is 98.0 Å². The molecule has 0 unspecified atom stereocenters. The van der Waals surface area contributed by atoms with Crippen LogP contribution in [0.3, 0.4) is 0 Å². The van der Waals surface area contributed by atoms with E-state index in [1.54, 1.807) is 13.0 Å². The molecular formula is C10H10N4O2S3. The number of hydrogen-bond acceptors (Lipinski definition) is 6. The molecule has 0 aliphatic carbocycles. The van der Waals surface area contributed by atoms with E-state index >= 15 is 0 Å². The highest BCUT2D eigenvalue weighted by Crippen LogP contribution is 2.20. The van der Waals surface area contributed by atoms with E-state index in [1.807, 2.05) is 0 Å². The summed E-state index contributed by atoms with van der Waals surface area (Å²) in [5, 5.41) is 3.92. The van der Waals surface area contributed by atoms with E-state index in [2.05, 4.69) is 14.3 Å². The van der Waals surface area contributed by atoms with Crippen molar-refractivity contribution in [2.24, 2.45) is 5.73 Å². The maximum Gasteiger partial charge on any atom is 0.262 e. The van der Waals surface area contributed by atoms with Crippen molar-refractivity contribution in [1.29, 1.82) is 0 Å². The molecule has 2 aromatic rings. The highest BCUT2D eigenvalue weighted by molar-refractivity contribution is 7.93. The van der Waals surface area contributed by atoms with Gasteiger partial charge < -0.3 is 5.73 Å². The third-order valence-electron chi connectivity index (χ3n) is 2.37. The maximum atomic E-state index is 12.1. The number of aromatic nitrogens is 2. The molecule has 0 aliphatic heterocycles. The molecule has 0 bridgehead atoms. The van der Waals surface area contributed by atoms with E-state index in [0.29, 0.717) is 16.1 Å². The molecule has 0 fully saturated rings. The van der Waals surface area contributed by atoms with Gasteiger partial charge in [-0.15, -0.1) is 5.10 Å². The second-order valence-corrected chi connectivity index (χ2v) is 6.64. The van der Waals surface area contributed by atoms with Gasteiger partial charge in [-0.3, -0.25) is 4.72 Å². The van der Waals surface area contributed by atoms with Crippen molar-refractivity contribution in [2.75, 3.05) is 4.72 Å². The van der Waals surface area contributed by atoms with E-state index in [0.717, 1.165) is 11.5 Å². The summed E-state index contributed by atoms with van der Waals surface area (Å²) in [6.45, 7) is 1.75. The Morgan fingerprint density at radius 3 is 2.74 bits per heavy atom. The van der Waals surface area contributed by atoms with Crippen LogP contribution in [0, 0.1) is 6.92 Å². The van der Waals surface area contributed by atoms with Gasteiger partial charge in [0.25, 0.3) is 10.0 Å². The zero-order valence-electron chi connectivity index (χ0n) is 9.82. The number of thiocarbonyl (C=S) groups is 1. The van der Waals surface area contributed by atoms with Crippen molar-refractivity contribution < 1.29 is 8.42 Å². The molecule has 0 saturated heterocycles. The Bertz CT molecular complexity index is 710. The Balaban J connectivity index is 2.36. The van der Waals surface area contributed by atoms with Gasteiger partial charge in [-0.05, 0) is 24.6 Å². The van der Waals surface area contributed by atoms with Crippen molar-refractivity contribution in [3.05, 3.63) is 35.5 Å². The normalized spacial score (nSPS) is 11.2. The van der Waals surface area contributed by atoms with Crippen LogP contribution in [0.4, 0.5) is 5.00 Å². The summed E-state index contributed by atoms with van der Waals surface area (Å²) < 4.78 is 30.2. The zero-order valence-corrected chi connectivity index (χ0v) is 12.3. The number of sulfonamides is 1. The van der Waals surface area contributed by atoms with Gasteiger partial charge in [-0.25, -0.2) is 8.42 Å². The number of aryl methyl sites for hydroxylation is 1.